The topological polar surface area (TPSA) is 25.8 Å². The van der Waals surface area contributed by atoms with E-state index in [-0.39, 0.29) is 0 Å². The first-order chi connectivity index (χ1) is 12.3. The van der Waals surface area contributed by atoms with Crippen LogP contribution in [0, 0.1) is 0 Å². The van der Waals surface area contributed by atoms with Gasteiger partial charge in [-0.1, -0.05) is 48.2 Å². The number of aromatic nitrogens is 2. The molecule has 0 N–H and O–H groups in total. The molecule has 0 spiro atoms. The number of pyridine rings is 2. The van der Waals surface area contributed by atoms with E-state index in [1.807, 2.05) is 36.3 Å². The highest BCUT2D eigenvalue weighted by Gasteiger charge is 2.15. The van der Waals surface area contributed by atoms with Crippen LogP contribution in [0.3, 0.4) is 0 Å². The molecule has 0 fully saturated rings. The summed E-state index contributed by atoms with van der Waals surface area (Å²) in [6, 6.07) is 16.7. The normalized spacial score (nSPS) is 11.3. The maximum Gasteiger partial charge on any atom is 0.0714 e. The predicted molar refractivity (Wildman–Crippen MR) is 111 cm³/mol. The molecule has 0 radical (unpaired) electrons. The Morgan fingerprint density at radius 1 is 0.640 bits per heavy atom. The molecule has 0 aliphatic heterocycles. The molecule has 5 heteroatoms. The fraction of sp³-hybridized carbons (Fsp3) is 0.100. The van der Waals surface area contributed by atoms with E-state index in [4.69, 9.17) is 0 Å². The van der Waals surface area contributed by atoms with Crippen LogP contribution in [-0.2, 0) is 0 Å². The van der Waals surface area contributed by atoms with Gasteiger partial charge in [0.15, 0.2) is 0 Å². The molecule has 0 bridgehead atoms. The second-order valence-electron chi connectivity index (χ2n) is 5.45. The van der Waals surface area contributed by atoms with E-state index >= 15 is 0 Å². The molecule has 25 heavy (non-hydrogen) atoms. The zero-order valence-corrected chi connectivity index (χ0v) is 16.3. The fourth-order valence-corrected chi connectivity index (χ4v) is 5.53. The molecule has 0 amide bonds. The van der Waals surface area contributed by atoms with Gasteiger partial charge in [0, 0.05) is 42.7 Å². The lowest BCUT2D eigenvalue weighted by atomic mass is 10.2. The SMILES string of the molecule is CSc1cnc2ccccc2c1Sc1c(SC)cnc2ccccc12. The Balaban J connectivity index is 1.97. The lowest BCUT2D eigenvalue weighted by molar-refractivity contribution is 1.17. The average Bonchev–Trinajstić information content (AvgIpc) is 2.68. The molecular formula is C20H16N2S3. The summed E-state index contributed by atoms with van der Waals surface area (Å²) in [5.74, 6) is 0. The monoisotopic (exact) mass is 380 g/mol. The van der Waals surface area contributed by atoms with Crippen molar-refractivity contribution in [3.63, 3.8) is 0 Å². The first kappa shape index (κ1) is 16.8. The van der Waals surface area contributed by atoms with Crippen molar-refractivity contribution in [2.75, 3.05) is 12.5 Å². The highest BCUT2D eigenvalue weighted by Crippen LogP contribution is 2.44. The molecule has 0 unspecified atom stereocenters. The second-order valence-corrected chi connectivity index (χ2v) is 8.16. The first-order valence-corrected chi connectivity index (χ1v) is 11.1. The van der Waals surface area contributed by atoms with Gasteiger partial charge in [0.2, 0.25) is 0 Å². The molecule has 4 aromatic rings. The lowest BCUT2D eigenvalue weighted by Gasteiger charge is -2.14. The van der Waals surface area contributed by atoms with E-state index in [2.05, 4.69) is 58.9 Å². The van der Waals surface area contributed by atoms with Crippen molar-refractivity contribution >= 4 is 57.1 Å². The van der Waals surface area contributed by atoms with E-state index in [1.165, 1.54) is 30.4 Å². The van der Waals surface area contributed by atoms with Gasteiger partial charge >= 0.3 is 0 Å². The van der Waals surface area contributed by atoms with Crippen LogP contribution in [0.25, 0.3) is 21.8 Å². The molecule has 0 atom stereocenters. The van der Waals surface area contributed by atoms with Crippen molar-refractivity contribution in [2.45, 2.75) is 19.6 Å². The highest BCUT2D eigenvalue weighted by atomic mass is 32.2. The number of para-hydroxylation sites is 2. The predicted octanol–water partition coefficient (Wildman–Crippen LogP) is 6.38. The van der Waals surface area contributed by atoms with E-state index in [0.29, 0.717) is 0 Å². The van der Waals surface area contributed by atoms with Gasteiger partial charge in [0.25, 0.3) is 0 Å². The number of benzene rings is 2. The standard InChI is InChI=1S/C20H16N2S3/c1-23-17-11-21-15-9-5-3-7-13(15)19(17)25-20-14-8-4-6-10-16(14)22-12-18(20)24-2/h3-12H,1-2H3. The summed E-state index contributed by atoms with van der Waals surface area (Å²) >= 11 is 5.31. The number of hydrogen-bond donors (Lipinski definition) is 0. The quantitative estimate of drug-likeness (QED) is 0.383. The Kier molecular flexibility index (Phi) is 4.88. The van der Waals surface area contributed by atoms with E-state index in [1.54, 1.807) is 23.5 Å². The van der Waals surface area contributed by atoms with Crippen molar-refractivity contribution in [3.05, 3.63) is 60.9 Å². The van der Waals surface area contributed by atoms with Crippen molar-refractivity contribution in [1.29, 1.82) is 0 Å². The largest absolute Gasteiger partial charge is 0.255 e. The van der Waals surface area contributed by atoms with Gasteiger partial charge in [-0.15, -0.1) is 23.5 Å². The maximum absolute atomic E-state index is 4.61. The third-order valence-electron chi connectivity index (χ3n) is 4.03. The summed E-state index contributed by atoms with van der Waals surface area (Å²) < 4.78 is 0. The van der Waals surface area contributed by atoms with E-state index < -0.39 is 0 Å². The number of nitrogens with zero attached hydrogens (tertiary/aromatic N) is 2. The smallest absolute Gasteiger partial charge is 0.0714 e. The minimum absolute atomic E-state index is 1.03. The van der Waals surface area contributed by atoms with Crippen LogP contribution < -0.4 is 0 Å². The first-order valence-electron chi connectivity index (χ1n) is 7.83. The number of rotatable bonds is 4. The van der Waals surface area contributed by atoms with Crippen LogP contribution in [0.4, 0.5) is 0 Å². The third kappa shape index (κ3) is 3.12. The molecule has 2 nitrogen and oxygen atoms in total. The number of hydrogen-bond acceptors (Lipinski definition) is 5. The molecule has 2 aromatic heterocycles. The molecule has 124 valence electrons. The molecule has 0 aliphatic rings. The van der Waals surface area contributed by atoms with Gasteiger partial charge in [-0.2, -0.15) is 0 Å². The Morgan fingerprint density at radius 2 is 1.08 bits per heavy atom. The van der Waals surface area contributed by atoms with Crippen molar-refractivity contribution < 1.29 is 0 Å². The Labute approximate surface area is 159 Å². The van der Waals surface area contributed by atoms with Gasteiger partial charge in [0.1, 0.15) is 0 Å². The van der Waals surface area contributed by atoms with Crippen LogP contribution in [0.1, 0.15) is 0 Å². The highest BCUT2D eigenvalue weighted by molar-refractivity contribution is 8.03. The summed E-state index contributed by atoms with van der Waals surface area (Å²) in [5, 5.41) is 2.40. The fourth-order valence-electron chi connectivity index (χ4n) is 2.80. The Hall–Kier alpha value is -1.69. The zero-order valence-electron chi connectivity index (χ0n) is 13.9. The van der Waals surface area contributed by atoms with Crippen LogP contribution in [-0.4, -0.2) is 22.5 Å². The second kappa shape index (κ2) is 7.28. The summed E-state index contributed by atoms with van der Waals surface area (Å²) in [6.07, 6.45) is 8.18. The van der Waals surface area contributed by atoms with Gasteiger partial charge < -0.3 is 0 Å². The molecule has 2 aromatic carbocycles. The van der Waals surface area contributed by atoms with Crippen LogP contribution in [0.15, 0.2) is 80.5 Å². The zero-order chi connectivity index (χ0) is 17.2. The molecule has 2 heterocycles. The van der Waals surface area contributed by atoms with Crippen LogP contribution in [0.5, 0.6) is 0 Å². The van der Waals surface area contributed by atoms with Crippen LogP contribution >= 0.6 is 35.3 Å². The Morgan fingerprint density at radius 3 is 1.52 bits per heavy atom. The van der Waals surface area contributed by atoms with Crippen molar-refractivity contribution in [2.24, 2.45) is 0 Å². The lowest BCUT2D eigenvalue weighted by Crippen LogP contribution is -1.90. The molecular weight excluding hydrogens is 364 g/mol. The number of fused-ring (bicyclic) bond motifs is 2. The summed E-state index contributed by atoms with van der Waals surface area (Å²) in [7, 11) is 0. The minimum atomic E-state index is 1.03. The number of thioether (sulfide) groups is 2. The average molecular weight is 381 g/mol. The minimum Gasteiger partial charge on any atom is -0.255 e. The van der Waals surface area contributed by atoms with E-state index in [9.17, 15) is 0 Å². The van der Waals surface area contributed by atoms with Gasteiger partial charge in [-0.05, 0) is 24.6 Å². The van der Waals surface area contributed by atoms with Crippen LogP contribution in [0.2, 0.25) is 0 Å². The van der Waals surface area contributed by atoms with Gasteiger partial charge in [-0.3, -0.25) is 9.97 Å². The van der Waals surface area contributed by atoms with E-state index in [0.717, 1.165) is 11.0 Å². The summed E-state index contributed by atoms with van der Waals surface area (Å²) in [4.78, 5) is 14.2. The molecule has 0 aliphatic carbocycles. The van der Waals surface area contributed by atoms with Crippen molar-refractivity contribution in [3.8, 4) is 0 Å². The maximum atomic E-state index is 4.61. The van der Waals surface area contributed by atoms with Gasteiger partial charge in [-0.25, -0.2) is 0 Å². The van der Waals surface area contributed by atoms with Gasteiger partial charge in [0.05, 0.1) is 11.0 Å². The Bertz CT molecular complexity index is 978. The van der Waals surface area contributed by atoms with Crippen molar-refractivity contribution in [1.82, 2.24) is 9.97 Å². The summed E-state index contributed by atoms with van der Waals surface area (Å²) in [6.45, 7) is 0. The summed E-state index contributed by atoms with van der Waals surface area (Å²) in [5.41, 5.74) is 2.07. The third-order valence-corrected chi connectivity index (χ3v) is 7.08. The molecule has 0 saturated heterocycles. The molecule has 0 saturated carbocycles. The molecule has 4 rings (SSSR count).